The van der Waals surface area contributed by atoms with E-state index in [9.17, 15) is 0 Å². The number of nitrogens with one attached hydrogen (secondary N) is 1. The molecule has 0 radical (unpaired) electrons. The third-order valence-corrected chi connectivity index (χ3v) is 3.33. The molecule has 3 nitrogen and oxygen atoms in total. The Labute approximate surface area is 117 Å². The van der Waals surface area contributed by atoms with Gasteiger partial charge in [0.2, 0.25) is 0 Å². The Balaban J connectivity index is 2.16. The number of benzene rings is 1. The van der Waals surface area contributed by atoms with Crippen LogP contribution in [-0.4, -0.2) is 15.0 Å². The first-order chi connectivity index (χ1) is 9.15. The molecule has 1 aromatic rings. The minimum absolute atomic E-state index is 0.303. The third kappa shape index (κ3) is 2.22. The zero-order valence-corrected chi connectivity index (χ0v) is 11.6. The lowest BCUT2D eigenvalue weighted by atomic mass is 10.1. The molecule has 0 atom stereocenters. The summed E-state index contributed by atoms with van der Waals surface area (Å²) in [6.07, 6.45) is 0. The fraction of sp³-hybridized carbons (Fsp3) is 0.200. The minimum Gasteiger partial charge on any atom is -0.342 e. The molecule has 96 valence electrons. The van der Waals surface area contributed by atoms with E-state index in [-0.39, 0.29) is 0 Å². The standard InChI is InChI=1S/C15H14ClN3/c1-9(2)15-18-12-8-11(10-6-4-3-5-7-10)17-13(12)14(16)19-15/h3-9H,1-2H3,(H,18,19). The number of fused-ring (bicyclic) bond motifs is 1. The van der Waals surface area contributed by atoms with Crippen molar-refractivity contribution >= 4 is 11.6 Å². The van der Waals surface area contributed by atoms with E-state index in [1.165, 1.54) is 0 Å². The van der Waals surface area contributed by atoms with Crippen LogP contribution in [0.25, 0.3) is 22.6 Å². The van der Waals surface area contributed by atoms with Gasteiger partial charge in [0.1, 0.15) is 11.5 Å². The summed E-state index contributed by atoms with van der Waals surface area (Å²) in [6, 6.07) is 12.1. The number of aromatic nitrogens is 3. The van der Waals surface area contributed by atoms with E-state index in [0.29, 0.717) is 11.1 Å². The predicted molar refractivity (Wildman–Crippen MR) is 77.5 cm³/mol. The Hall–Kier alpha value is -1.87. The van der Waals surface area contributed by atoms with Crippen molar-refractivity contribution in [3.05, 3.63) is 47.4 Å². The van der Waals surface area contributed by atoms with Crippen molar-refractivity contribution in [2.24, 2.45) is 0 Å². The third-order valence-electron chi connectivity index (χ3n) is 3.06. The van der Waals surface area contributed by atoms with Gasteiger partial charge >= 0.3 is 0 Å². The SMILES string of the molecule is CC(C)c1nc(Cl)c2nc(-c3ccccc3)cc-2[nH]1. The highest BCUT2D eigenvalue weighted by atomic mass is 35.5. The van der Waals surface area contributed by atoms with E-state index in [0.717, 1.165) is 28.5 Å². The molecule has 0 saturated carbocycles. The maximum atomic E-state index is 6.21. The molecule has 0 saturated heterocycles. The zero-order chi connectivity index (χ0) is 13.4. The number of aromatic amines is 1. The molecule has 19 heavy (non-hydrogen) atoms. The number of H-pyrrole nitrogens is 1. The maximum absolute atomic E-state index is 6.21. The summed E-state index contributed by atoms with van der Waals surface area (Å²) in [5, 5.41) is 0.458. The second kappa shape index (κ2) is 4.67. The molecular weight excluding hydrogens is 258 g/mol. The van der Waals surface area contributed by atoms with Crippen molar-refractivity contribution in [2.75, 3.05) is 0 Å². The van der Waals surface area contributed by atoms with Gasteiger partial charge in [0, 0.05) is 11.5 Å². The van der Waals surface area contributed by atoms with Crippen LogP contribution in [0.1, 0.15) is 25.6 Å². The van der Waals surface area contributed by atoms with Crippen molar-refractivity contribution in [2.45, 2.75) is 19.8 Å². The second-order valence-electron chi connectivity index (χ2n) is 4.84. The first kappa shape index (κ1) is 12.2. The Morgan fingerprint density at radius 3 is 2.53 bits per heavy atom. The first-order valence-corrected chi connectivity index (χ1v) is 6.64. The van der Waals surface area contributed by atoms with E-state index in [4.69, 9.17) is 11.6 Å². The summed E-state index contributed by atoms with van der Waals surface area (Å²) in [7, 11) is 0. The molecule has 2 heterocycles. The number of nitrogens with zero attached hydrogens (tertiary/aromatic N) is 2. The van der Waals surface area contributed by atoms with Gasteiger partial charge in [-0.1, -0.05) is 55.8 Å². The Kier molecular flexibility index (Phi) is 2.99. The van der Waals surface area contributed by atoms with Gasteiger partial charge < -0.3 is 4.98 Å². The van der Waals surface area contributed by atoms with Crippen LogP contribution in [0.4, 0.5) is 0 Å². The fourth-order valence-electron chi connectivity index (χ4n) is 2.03. The highest BCUT2D eigenvalue weighted by Gasteiger charge is 2.17. The molecule has 2 aliphatic rings. The predicted octanol–water partition coefficient (Wildman–Crippen LogP) is 4.35. The van der Waals surface area contributed by atoms with Gasteiger partial charge in [-0.05, 0) is 6.07 Å². The molecule has 1 N–H and O–H groups in total. The van der Waals surface area contributed by atoms with Crippen LogP contribution in [0.5, 0.6) is 0 Å². The fourth-order valence-corrected chi connectivity index (χ4v) is 2.26. The van der Waals surface area contributed by atoms with Gasteiger partial charge in [0.25, 0.3) is 0 Å². The number of hydrogen-bond acceptors (Lipinski definition) is 2. The van der Waals surface area contributed by atoms with E-state index in [2.05, 4.69) is 28.8 Å². The van der Waals surface area contributed by atoms with Gasteiger partial charge in [0.05, 0.1) is 11.4 Å². The van der Waals surface area contributed by atoms with Crippen LogP contribution in [-0.2, 0) is 0 Å². The van der Waals surface area contributed by atoms with Crippen LogP contribution < -0.4 is 0 Å². The maximum Gasteiger partial charge on any atom is 0.158 e. The number of rotatable bonds is 2. The lowest BCUT2D eigenvalue weighted by molar-refractivity contribution is 0.775. The molecule has 0 spiro atoms. The van der Waals surface area contributed by atoms with Gasteiger partial charge in [0.15, 0.2) is 5.15 Å². The van der Waals surface area contributed by atoms with Crippen LogP contribution in [0.2, 0.25) is 5.15 Å². The molecule has 0 unspecified atom stereocenters. The van der Waals surface area contributed by atoms with Crippen molar-refractivity contribution < 1.29 is 0 Å². The molecule has 0 fully saturated rings. The van der Waals surface area contributed by atoms with E-state index >= 15 is 0 Å². The van der Waals surface area contributed by atoms with Gasteiger partial charge in [-0.15, -0.1) is 0 Å². The Bertz CT molecular complexity index is 673. The molecule has 2 aliphatic heterocycles. The molecule has 0 amide bonds. The highest BCUT2D eigenvalue weighted by Crippen LogP contribution is 2.32. The monoisotopic (exact) mass is 271 g/mol. The highest BCUT2D eigenvalue weighted by molar-refractivity contribution is 6.31. The van der Waals surface area contributed by atoms with Gasteiger partial charge in [-0.25, -0.2) is 9.97 Å². The Morgan fingerprint density at radius 1 is 1.11 bits per heavy atom. The summed E-state index contributed by atoms with van der Waals surface area (Å²) in [4.78, 5) is 12.2. The van der Waals surface area contributed by atoms with Crippen LogP contribution >= 0.6 is 11.6 Å². The largest absolute Gasteiger partial charge is 0.342 e. The summed E-state index contributed by atoms with van der Waals surface area (Å²) in [5.41, 5.74) is 3.65. The van der Waals surface area contributed by atoms with Crippen molar-refractivity contribution in [1.82, 2.24) is 15.0 Å². The molecule has 0 aliphatic carbocycles. The lowest BCUT2D eigenvalue weighted by Crippen LogP contribution is -2.00. The molecule has 0 bridgehead atoms. The topological polar surface area (TPSA) is 41.6 Å². The van der Waals surface area contributed by atoms with Crippen molar-refractivity contribution in [3.8, 4) is 22.6 Å². The molecular formula is C15H14ClN3. The average molecular weight is 272 g/mol. The molecule has 1 aromatic carbocycles. The molecule has 0 aromatic heterocycles. The first-order valence-electron chi connectivity index (χ1n) is 6.26. The van der Waals surface area contributed by atoms with Gasteiger partial charge in [-0.2, -0.15) is 0 Å². The minimum atomic E-state index is 0.303. The normalized spacial score (nSPS) is 11.4. The smallest absolute Gasteiger partial charge is 0.158 e. The van der Waals surface area contributed by atoms with E-state index < -0.39 is 0 Å². The van der Waals surface area contributed by atoms with Crippen molar-refractivity contribution in [3.63, 3.8) is 0 Å². The van der Waals surface area contributed by atoms with E-state index in [1.807, 2.05) is 36.4 Å². The summed E-state index contributed by atoms with van der Waals surface area (Å²) in [5.74, 6) is 1.18. The summed E-state index contributed by atoms with van der Waals surface area (Å²) in [6.45, 7) is 4.16. The van der Waals surface area contributed by atoms with Crippen LogP contribution in [0.3, 0.4) is 0 Å². The molecule has 3 rings (SSSR count). The zero-order valence-electron chi connectivity index (χ0n) is 10.8. The quantitative estimate of drug-likeness (QED) is 0.704. The van der Waals surface area contributed by atoms with Crippen molar-refractivity contribution in [1.29, 1.82) is 0 Å². The van der Waals surface area contributed by atoms with Crippen LogP contribution in [0.15, 0.2) is 36.4 Å². The van der Waals surface area contributed by atoms with Crippen LogP contribution in [0, 0.1) is 0 Å². The number of halogens is 1. The number of hydrogen-bond donors (Lipinski definition) is 1. The Morgan fingerprint density at radius 2 is 1.84 bits per heavy atom. The average Bonchev–Trinajstić information content (AvgIpc) is 2.84. The van der Waals surface area contributed by atoms with Gasteiger partial charge in [-0.3, -0.25) is 0 Å². The summed E-state index contributed by atoms with van der Waals surface area (Å²) < 4.78 is 0. The lowest BCUT2D eigenvalue weighted by Gasteiger charge is -2.08. The summed E-state index contributed by atoms with van der Waals surface area (Å²) >= 11 is 6.21. The van der Waals surface area contributed by atoms with E-state index in [1.54, 1.807) is 0 Å². The molecule has 4 heteroatoms. The second-order valence-corrected chi connectivity index (χ2v) is 5.20.